The van der Waals surface area contributed by atoms with Gasteiger partial charge < -0.3 is 10.8 Å². The number of hydrogen-bond donors (Lipinski definition) is 2. The molecule has 0 aromatic heterocycles. The Morgan fingerprint density at radius 2 is 2.00 bits per heavy atom. The molecular weight excluding hydrogens is 228 g/mol. The van der Waals surface area contributed by atoms with Gasteiger partial charge in [0.25, 0.3) is 0 Å². The minimum atomic E-state index is -0.396. The van der Waals surface area contributed by atoms with Crippen molar-refractivity contribution in [2.24, 2.45) is 5.73 Å². The standard InChI is InChI=1S/C14H20N2O2/c15-14(18)12-6-4-11(5-7-12)10-16(8-9-17)13-2-1-3-13/h4-7,13,17H,1-3,8-10H2,(H2,15,18). The Kier molecular flexibility index (Phi) is 4.33. The van der Waals surface area contributed by atoms with E-state index in [1.807, 2.05) is 12.1 Å². The first kappa shape index (κ1) is 13.1. The first-order valence-electron chi connectivity index (χ1n) is 6.44. The van der Waals surface area contributed by atoms with Crippen LogP contribution in [0.15, 0.2) is 24.3 Å². The number of rotatable bonds is 6. The maximum atomic E-state index is 11.0. The highest BCUT2D eigenvalue weighted by Gasteiger charge is 2.24. The molecule has 0 saturated heterocycles. The molecule has 1 fully saturated rings. The molecule has 0 radical (unpaired) electrons. The number of aliphatic hydroxyl groups is 1. The van der Waals surface area contributed by atoms with Crippen molar-refractivity contribution in [3.63, 3.8) is 0 Å². The Balaban J connectivity index is 1.99. The fraction of sp³-hybridized carbons (Fsp3) is 0.500. The molecule has 1 amide bonds. The molecule has 0 heterocycles. The summed E-state index contributed by atoms with van der Waals surface area (Å²) in [5.41, 5.74) is 6.90. The van der Waals surface area contributed by atoms with Crippen LogP contribution in [0.3, 0.4) is 0 Å². The van der Waals surface area contributed by atoms with Gasteiger partial charge in [0.05, 0.1) is 6.61 Å². The highest BCUT2D eigenvalue weighted by atomic mass is 16.3. The van der Waals surface area contributed by atoms with E-state index in [4.69, 9.17) is 10.8 Å². The second-order valence-corrected chi connectivity index (χ2v) is 4.84. The molecule has 98 valence electrons. The van der Waals surface area contributed by atoms with Crippen molar-refractivity contribution in [3.05, 3.63) is 35.4 Å². The molecule has 0 bridgehead atoms. The minimum absolute atomic E-state index is 0.190. The number of aliphatic hydroxyl groups excluding tert-OH is 1. The normalized spacial score (nSPS) is 15.7. The number of hydrogen-bond acceptors (Lipinski definition) is 3. The van der Waals surface area contributed by atoms with Gasteiger partial charge in [0.15, 0.2) is 0 Å². The molecule has 0 spiro atoms. The summed E-state index contributed by atoms with van der Waals surface area (Å²) >= 11 is 0. The molecular formula is C14H20N2O2. The molecule has 1 aromatic carbocycles. The molecule has 2 rings (SSSR count). The fourth-order valence-electron chi connectivity index (χ4n) is 2.28. The lowest BCUT2D eigenvalue weighted by Crippen LogP contribution is -2.41. The van der Waals surface area contributed by atoms with E-state index in [1.54, 1.807) is 12.1 Å². The summed E-state index contributed by atoms with van der Waals surface area (Å²) in [6.07, 6.45) is 3.73. The van der Waals surface area contributed by atoms with Crippen LogP contribution in [-0.2, 0) is 6.54 Å². The van der Waals surface area contributed by atoms with E-state index < -0.39 is 5.91 Å². The first-order valence-corrected chi connectivity index (χ1v) is 6.44. The van der Waals surface area contributed by atoms with Crippen LogP contribution in [0.1, 0.15) is 35.2 Å². The van der Waals surface area contributed by atoms with Crippen molar-refractivity contribution in [3.8, 4) is 0 Å². The monoisotopic (exact) mass is 248 g/mol. The number of primary amides is 1. The third-order valence-electron chi connectivity index (χ3n) is 3.60. The number of nitrogens with two attached hydrogens (primary N) is 1. The maximum Gasteiger partial charge on any atom is 0.248 e. The largest absolute Gasteiger partial charge is 0.395 e. The topological polar surface area (TPSA) is 66.6 Å². The van der Waals surface area contributed by atoms with Gasteiger partial charge in [-0.05, 0) is 30.5 Å². The zero-order chi connectivity index (χ0) is 13.0. The van der Waals surface area contributed by atoms with E-state index in [-0.39, 0.29) is 6.61 Å². The number of amides is 1. The van der Waals surface area contributed by atoms with Crippen LogP contribution >= 0.6 is 0 Å². The van der Waals surface area contributed by atoms with Gasteiger partial charge in [-0.1, -0.05) is 18.6 Å². The number of carbonyl (C=O) groups is 1. The number of nitrogens with zero attached hydrogens (tertiary/aromatic N) is 1. The third-order valence-corrected chi connectivity index (χ3v) is 3.60. The van der Waals surface area contributed by atoms with E-state index in [0.29, 0.717) is 18.2 Å². The van der Waals surface area contributed by atoms with Crippen molar-refractivity contribution in [2.75, 3.05) is 13.2 Å². The van der Waals surface area contributed by atoms with Gasteiger partial charge >= 0.3 is 0 Å². The molecule has 1 aliphatic rings. The second kappa shape index (κ2) is 5.98. The first-order chi connectivity index (χ1) is 8.70. The van der Waals surface area contributed by atoms with Gasteiger partial charge in [-0.25, -0.2) is 0 Å². The summed E-state index contributed by atoms with van der Waals surface area (Å²) in [7, 11) is 0. The summed E-state index contributed by atoms with van der Waals surface area (Å²) in [5, 5.41) is 9.10. The molecule has 1 aromatic rings. The Bertz CT molecular complexity index is 399. The maximum absolute atomic E-state index is 11.0. The molecule has 0 aliphatic heterocycles. The summed E-state index contributed by atoms with van der Waals surface area (Å²) in [4.78, 5) is 13.3. The lowest BCUT2D eigenvalue weighted by Gasteiger charge is -2.37. The van der Waals surface area contributed by atoms with Gasteiger partial charge in [-0.15, -0.1) is 0 Å². The molecule has 3 N–H and O–H groups in total. The van der Waals surface area contributed by atoms with Crippen molar-refractivity contribution < 1.29 is 9.90 Å². The van der Waals surface area contributed by atoms with Crippen molar-refractivity contribution >= 4 is 5.91 Å². The Hall–Kier alpha value is -1.39. The predicted octanol–water partition coefficient (Wildman–Crippen LogP) is 1.13. The minimum Gasteiger partial charge on any atom is -0.395 e. The molecule has 0 unspecified atom stereocenters. The fourth-order valence-corrected chi connectivity index (χ4v) is 2.28. The average Bonchev–Trinajstić information content (AvgIpc) is 2.27. The quantitative estimate of drug-likeness (QED) is 0.793. The number of carbonyl (C=O) groups excluding carboxylic acids is 1. The zero-order valence-electron chi connectivity index (χ0n) is 10.5. The predicted molar refractivity (Wildman–Crippen MR) is 70.1 cm³/mol. The molecule has 4 heteroatoms. The van der Waals surface area contributed by atoms with E-state index in [1.165, 1.54) is 19.3 Å². The van der Waals surface area contributed by atoms with Gasteiger partial charge in [-0.3, -0.25) is 9.69 Å². The van der Waals surface area contributed by atoms with Gasteiger partial charge in [0, 0.05) is 24.7 Å². The lowest BCUT2D eigenvalue weighted by molar-refractivity contribution is 0.0945. The molecule has 1 aliphatic carbocycles. The van der Waals surface area contributed by atoms with Crippen LogP contribution < -0.4 is 5.73 Å². The summed E-state index contributed by atoms with van der Waals surface area (Å²) < 4.78 is 0. The van der Waals surface area contributed by atoms with E-state index in [9.17, 15) is 4.79 Å². The smallest absolute Gasteiger partial charge is 0.248 e. The molecule has 18 heavy (non-hydrogen) atoms. The van der Waals surface area contributed by atoms with Crippen molar-refractivity contribution in [2.45, 2.75) is 31.8 Å². The van der Waals surface area contributed by atoms with E-state index >= 15 is 0 Å². The van der Waals surface area contributed by atoms with Gasteiger partial charge in [0.2, 0.25) is 5.91 Å². The van der Waals surface area contributed by atoms with Gasteiger partial charge in [0.1, 0.15) is 0 Å². The van der Waals surface area contributed by atoms with Crippen molar-refractivity contribution in [1.82, 2.24) is 4.90 Å². The van der Waals surface area contributed by atoms with E-state index in [2.05, 4.69) is 4.90 Å². The highest BCUT2D eigenvalue weighted by molar-refractivity contribution is 5.92. The average molecular weight is 248 g/mol. The highest BCUT2D eigenvalue weighted by Crippen LogP contribution is 2.25. The molecule has 0 atom stereocenters. The molecule has 4 nitrogen and oxygen atoms in total. The van der Waals surface area contributed by atoms with Gasteiger partial charge in [-0.2, -0.15) is 0 Å². The Morgan fingerprint density at radius 3 is 2.44 bits per heavy atom. The van der Waals surface area contributed by atoms with Crippen LogP contribution in [0.4, 0.5) is 0 Å². The summed E-state index contributed by atoms with van der Waals surface area (Å²) in [5.74, 6) is -0.396. The van der Waals surface area contributed by atoms with Crippen LogP contribution in [0.25, 0.3) is 0 Å². The Labute approximate surface area is 107 Å². The van der Waals surface area contributed by atoms with Crippen molar-refractivity contribution in [1.29, 1.82) is 0 Å². The summed E-state index contributed by atoms with van der Waals surface area (Å²) in [6, 6.07) is 7.99. The van der Waals surface area contributed by atoms with E-state index in [0.717, 1.165) is 12.1 Å². The lowest BCUT2D eigenvalue weighted by atomic mass is 9.91. The Morgan fingerprint density at radius 1 is 1.33 bits per heavy atom. The zero-order valence-corrected chi connectivity index (χ0v) is 10.5. The second-order valence-electron chi connectivity index (χ2n) is 4.84. The SMILES string of the molecule is NC(=O)c1ccc(CN(CCO)C2CCC2)cc1. The third kappa shape index (κ3) is 3.09. The molecule has 1 saturated carbocycles. The van der Waals surface area contributed by atoms with Crippen LogP contribution in [0.2, 0.25) is 0 Å². The number of benzene rings is 1. The van der Waals surface area contributed by atoms with Crippen LogP contribution in [0, 0.1) is 0 Å². The van der Waals surface area contributed by atoms with Crippen LogP contribution in [-0.4, -0.2) is 35.1 Å². The van der Waals surface area contributed by atoms with Crippen LogP contribution in [0.5, 0.6) is 0 Å². The summed E-state index contributed by atoms with van der Waals surface area (Å²) in [6.45, 7) is 1.72.